The van der Waals surface area contributed by atoms with Gasteiger partial charge in [0.15, 0.2) is 5.82 Å². The summed E-state index contributed by atoms with van der Waals surface area (Å²) in [6, 6.07) is 5.44. The molecule has 0 unspecified atom stereocenters. The summed E-state index contributed by atoms with van der Waals surface area (Å²) >= 11 is 0. The maximum absolute atomic E-state index is 12.5. The molecular weight excluding hydrogens is 324 g/mol. The monoisotopic (exact) mass is 340 g/mol. The van der Waals surface area contributed by atoms with Crippen LogP contribution in [0.15, 0.2) is 28.9 Å². The Labute approximate surface area is 142 Å². The molecule has 3 aromatic heterocycles. The molecule has 0 aliphatic carbocycles. The Bertz CT molecular complexity index is 859. The molecule has 4 heterocycles. The van der Waals surface area contributed by atoms with Crippen LogP contribution in [0.4, 0.5) is 0 Å². The highest BCUT2D eigenvalue weighted by atomic mass is 16.5. The topological polar surface area (TPSA) is 125 Å². The molecule has 0 spiro atoms. The maximum Gasteiger partial charge on any atom is 0.246 e. The molecule has 1 aliphatic rings. The smallest absolute Gasteiger partial charge is 0.246 e. The van der Waals surface area contributed by atoms with Gasteiger partial charge in [0.05, 0.1) is 12.5 Å². The minimum Gasteiger partial charge on any atom is -0.346 e. The number of rotatable bonds is 4. The number of nitrogens with zero attached hydrogens (tertiary/aromatic N) is 7. The Balaban J connectivity index is 1.42. The van der Waals surface area contributed by atoms with Crippen LogP contribution >= 0.6 is 0 Å². The second-order valence-electron chi connectivity index (χ2n) is 5.75. The van der Waals surface area contributed by atoms with E-state index < -0.39 is 0 Å². The van der Waals surface area contributed by atoms with Crippen LogP contribution in [0, 0.1) is 0 Å². The zero-order valence-electron chi connectivity index (χ0n) is 13.4. The highest BCUT2D eigenvalue weighted by molar-refractivity contribution is 5.82. The van der Waals surface area contributed by atoms with E-state index in [-0.39, 0.29) is 18.4 Å². The third-order valence-electron chi connectivity index (χ3n) is 4.08. The Morgan fingerprint density at radius 2 is 2.32 bits per heavy atom. The quantitative estimate of drug-likeness (QED) is 0.736. The predicted molar refractivity (Wildman–Crippen MR) is 83.8 cm³/mol. The molecule has 25 heavy (non-hydrogen) atoms. The first-order valence-corrected chi connectivity index (χ1v) is 8.09. The summed E-state index contributed by atoms with van der Waals surface area (Å²) in [5.74, 6) is 0.811. The lowest BCUT2D eigenvalue weighted by Crippen LogP contribution is -2.30. The Kier molecular flexibility index (Phi) is 4.15. The molecule has 0 aromatic carbocycles. The molecule has 10 heteroatoms. The van der Waals surface area contributed by atoms with Gasteiger partial charge in [0, 0.05) is 12.7 Å². The van der Waals surface area contributed by atoms with E-state index in [1.165, 1.54) is 0 Å². The molecule has 128 valence electrons. The lowest BCUT2D eigenvalue weighted by atomic mass is 10.0. The summed E-state index contributed by atoms with van der Waals surface area (Å²) < 4.78 is 6.87. The van der Waals surface area contributed by atoms with Crippen LogP contribution in [0.5, 0.6) is 0 Å². The summed E-state index contributed by atoms with van der Waals surface area (Å²) in [5.41, 5.74) is 0.617. The molecule has 0 fully saturated rings. The largest absolute Gasteiger partial charge is 0.346 e. The number of amides is 1. The van der Waals surface area contributed by atoms with E-state index in [1.54, 1.807) is 16.9 Å². The molecule has 0 bridgehead atoms. The van der Waals surface area contributed by atoms with Gasteiger partial charge < -0.3 is 9.84 Å². The van der Waals surface area contributed by atoms with Crippen molar-refractivity contribution in [3.8, 4) is 11.5 Å². The molecule has 0 saturated heterocycles. The van der Waals surface area contributed by atoms with Crippen molar-refractivity contribution in [3.63, 3.8) is 0 Å². The SMILES string of the molecule is O=C(NCc1nc(-c2ccccn2)no1)[C@@H]1CCCCn2nnnc21. The fourth-order valence-electron chi connectivity index (χ4n) is 2.82. The van der Waals surface area contributed by atoms with Crippen LogP contribution in [0.25, 0.3) is 11.5 Å². The van der Waals surface area contributed by atoms with Crippen LogP contribution in [-0.4, -0.2) is 41.2 Å². The van der Waals surface area contributed by atoms with Crippen molar-refractivity contribution in [3.05, 3.63) is 36.1 Å². The highest BCUT2D eigenvalue weighted by Crippen LogP contribution is 2.24. The van der Waals surface area contributed by atoms with Gasteiger partial charge in [0.25, 0.3) is 0 Å². The summed E-state index contributed by atoms with van der Waals surface area (Å²) in [5, 5.41) is 18.3. The van der Waals surface area contributed by atoms with Gasteiger partial charge in [-0.3, -0.25) is 9.78 Å². The van der Waals surface area contributed by atoms with Gasteiger partial charge in [-0.25, -0.2) is 4.68 Å². The van der Waals surface area contributed by atoms with Crippen LogP contribution in [0.3, 0.4) is 0 Å². The van der Waals surface area contributed by atoms with Crippen LogP contribution < -0.4 is 5.32 Å². The van der Waals surface area contributed by atoms with Crippen LogP contribution in [0.1, 0.15) is 36.9 Å². The Hall–Kier alpha value is -3.17. The van der Waals surface area contributed by atoms with E-state index in [0.29, 0.717) is 23.2 Å². The lowest BCUT2D eigenvalue weighted by Gasteiger charge is -2.12. The van der Waals surface area contributed by atoms with Gasteiger partial charge in [-0.2, -0.15) is 4.98 Å². The molecule has 0 saturated carbocycles. The van der Waals surface area contributed by atoms with E-state index >= 15 is 0 Å². The molecule has 10 nitrogen and oxygen atoms in total. The molecular formula is C15H16N8O2. The number of fused-ring (bicyclic) bond motifs is 1. The number of carbonyl (C=O) groups excluding carboxylic acids is 1. The van der Waals surface area contributed by atoms with Gasteiger partial charge in [0.1, 0.15) is 5.69 Å². The number of aromatic nitrogens is 7. The minimum atomic E-state index is -0.365. The molecule has 3 aromatic rings. The summed E-state index contributed by atoms with van der Waals surface area (Å²) in [4.78, 5) is 21.0. The number of pyridine rings is 1. The summed E-state index contributed by atoms with van der Waals surface area (Å²) in [7, 11) is 0. The normalized spacial score (nSPS) is 16.9. The molecule has 0 radical (unpaired) electrons. The average Bonchev–Trinajstić information content (AvgIpc) is 3.26. The summed E-state index contributed by atoms with van der Waals surface area (Å²) in [6.45, 7) is 0.889. The van der Waals surface area contributed by atoms with Crippen molar-refractivity contribution in [2.24, 2.45) is 0 Å². The van der Waals surface area contributed by atoms with Crippen LogP contribution in [-0.2, 0) is 17.9 Å². The number of aryl methyl sites for hydroxylation is 1. The highest BCUT2D eigenvalue weighted by Gasteiger charge is 2.28. The minimum absolute atomic E-state index is 0.143. The standard InChI is InChI=1S/C15H16N8O2/c24-15(10-5-2-4-8-23-14(10)19-21-22-23)17-9-12-18-13(20-25-12)11-6-1-3-7-16-11/h1,3,6-7,10H,2,4-5,8-9H2,(H,17,24)/t10-/m1/s1. The van der Waals surface area contributed by atoms with Gasteiger partial charge >= 0.3 is 0 Å². The maximum atomic E-state index is 12.5. The Morgan fingerprint density at radius 1 is 1.36 bits per heavy atom. The van der Waals surface area contributed by atoms with E-state index in [9.17, 15) is 4.79 Å². The van der Waals surface area contributed by atoms with Gasteiger partial charge in [-0.15, -0.1) is 5.10 Å². The fourth-order valence-corrected chi connectivity index (χ4v) is 2.82. The predicted octanol–water partition coefficient (Wildman–Crippen LogP) is 0.702. The molecule has 4 rings (SSSR count). The van der Waals surface area contributed by atoms with Crippen molar-refractivity contribution in [2.75, 3.05) is 0 Å². The third-order valence-corrected chi connectivity index (χ3v) is 4.08. The van der Waals surface area contributed by atoms with Crippen molar-refractivity contribution < 1.29 is 9.32 Å². The van der Waals surface area contributed by atoms with Crippen LogP contribution in [0.2, 0.25) is 0 Å². The first kappa shape index (κ1) is 15.4. The number of tetrazole rings is 1. The van der Waals surface area contributed by atoms with E-state index in [0.717, 1.165) is 25.8 Å². The van der Waals surface area contributed by atoms with Crippen molar-refractivity contribution in [1.29, 1.82) is 0 Å². The van der Waals surface area contributed by atoms with Crippen molar-refractivity contribution in [1.82, 2.24) is 40.6 Å². The molecule has 1 aliphatic heterocycles. The van der Waals surface area contributed by atoms with E-state index in [2.05, 4.69) is 36.0 Å². The van der Waals surface area contributed by atoms with E-state index in [1.807, 2.05) is 12.1 Å². The second-order valence-corrected chi connectivity index (χ2v) is 5.75. The second kappa shape index (κ2) is 6.75. The fraction of sp³-hybridized carbons (Fsp3) is 0.400. The van der Waals surface area contributed by atoms with Gasteiger partial charge in [-0.1, -0.05) is 17.6 Å². The first-order valence-electron chi connectivity index (χ1n) is 8.09. The summed E-state index contributed by atoms with van der Waals surface area (Å²) in [6.07, 6.45) is 4.27. The van der Waals surface area contributed by atoms with Crippen molar-refractivity contribution >= 4 is 5.91 Å². The molecule has 1 atom stereocenters. The van der Waals surface area contributed by atoms with Gasteiger partial charge in [0.2, 0.25) is 17.6 Å². The Morgan fingerprint density at radius 3 is 3.20 bits per heavy atom. The zero-order chi connectivity index (χ0) is 17.1. The van der Waals surface area contributed by atoms with Gasteiger partial charge in [-0.05, 0) is 35.4 Å². The number of hydrogen-bond acceptors (Lipinski definition) is 8. The molecule has 1 amide bonds. The van der Waals surface area contributed by atoms with Crippen molar-refractivity contribution in [2.45, 2.75) is 38.3 Å². The molecule has 1 N–H and O–H groups in total. The zero-order valence-corrected chi connectivity index (χ0v) is 13.4. The first-order chi connectivity index (χ1) is 12.3. The van der Waals surface area contributed by atoms with E-state index in [4.69, 9.17) is 4.52 Å². The number of nitrogens with one attached hydrogen (secondary N) is 1. The third kappa shape index (κ3) is 3.23. The number of carbonyl (C=O) groups is 1. The number of hydrogen-bond donors (Lipinski definition) is 1. The average molecular weight is 340 g/mol. The lowest BCUT2D eigenvalue weighted by molar-refractivity contribution is -0.123.